The van der Waals surface area contributed by atoms with Crippen LogP contribution in [0.2, 0.25) is 0 Å². The van der Waals surface area contributed by atoms with Crippen molar-refractivity contribution in [3.63, 3.8) is 0 Å². The first-order chi connectivity index (χ1) is 7.42. The molecule has 1 unspecified atom stereocenters. The molecule has 4 nitrogen and oxygen atoms in total. The van der Waals surface area contributed by atoms with Gasteiger partial charge in [0, 0.05) is 6.26 Å². The summed E-state index contributed by atoms with van der Waals surface area (Å²) in [5.74, 6) is 1.82. The summed E-state index contributed by atoms with van der Waals surface area (Å²) >= 11 is 0. The number of sulfone groups is 1. The molecule has 0 saturated heterocycles. The van der Waals surface area contributed by atoms with E-state index in [1.807, 2.05) is 26.0 Å². The number of nitrogens with one attached hydrogen (secondary N) is 1. The highest BCUT2D eigenvalue weighted by Crippen LogP contribution is 2.19. The Morgan fingerprint density at radius 1 is 1.44 bits per heavy atom. The van der Waals surface area contributed by atoms with Gasteiger partial charge in [0.2, 0.25) is 0 Å². The largest absolute Gasteiger partial charge is 0.465 e. The summed E-state index contributed by atoms with van der Waals surface area (Å²) in [6, 6.07) is 3.76. The van der Waals surface area contributed by atoms with Gasteiger partial charge >= 0.3 is 0 Å². The number of rotatable bonds is 6. The maximum Gasteiger partial charge on any atom is 0.147 e. The van der Waals surface area contributed by atoms with Gasteiger partial charge in [-0.15, -0.1) is 0 Å². The van der Waals surface area contributed by atoms with E-state index < -0.39 is 9.84 Å². The molecular formula is C11H19NO3S. The molecule has 1 rings (SSSR count). The number of hydrogen-bond donors (Lipinski definition) is 1. The Hall–Kier alpha value is -0.810. The molecule has 16 heavy (non-hydrogen) atoms. The lowest BCUT2D eigenvalue weighted by atomic mass is 10.2. The molecule has 1 heterocycles. The SMILES string of the molecule is CCNC(CCS(C)(=O)=O)c1ccc(C)o1. The Kier molecular flexibility index (Phi) is 4.56. The van der Waals surface area contributed by atoms with Gasteiger partial charge in [-0.2, -0.15) is 0 Å². The quantitative estimate of drug-likeness (QED) is 0.828. The molecule has 92 valence electrons. The first kappa shape index (κ1) is 13.3. The molecule has 0 saturated carbocycles. The topological polar surface area (TPSA) is 59.3 Å². The third-order valence-corrected chi connectivity index (χ3v) is 3.31. The lowest BCUT2D eigenvalue weighted by Crippen LogP contribution is -2.23. The molecule has 1 N–H and O–H groups in total. The number of furan rings is 1. The smallest absolute Gasteiger partial charge is 0.147 e. The van der Waals surface area contributed by atoms with Crippen LogP contribution < -0.4 is 5.32 Å². The Morgan fingerprint density at radius 3 is 2.56 bits per heavy atom. The van der Waals surface area contributed by atoms with Crippen molar-refractivity contribution in [2.75, 3.05) is 18.6 Å². The van der Waals surface area contributed by atoms with Crippen molar-refractivity contribution in [3.8, 4) is 0 Å². The maximum absolute atomic E-state index is 11.1. The van der Waals surface area contributed by atoms with Gasteiger partial charge in [0.15, 0.2) is 0 Å². The van der Waals surface area contributed by atoms with Crippen molar-refractivity contribution in [2.24, 2.45) is 0 Å². The standard InChI is InChI=1S/C11H19NO3S/c1-4-12-10(7-8-16(3,13)14)11-6-5-9(2)15-11/h5-6,10,12H,4,7-8H2,1-3H3. The summed E-state index contributed by atoms with van der Waals surface area (Å²) in [5.41, 5.74) is 0. The van der Waals surface area contributed by atoms with Gasteiger partial charge in [-0.25, -0.2) is 8.42 Å². The molecule has 0 bridgehead atoms. The average Bonchev–Trinajstić information content (AvgIpc) is 2.57. The molecule has 0 fully saturated rings. The van der Waals surface area contributed by atoms with Crippen LogP contribution in [0.1, 0.15) is 30.9 Å². The zero-order chi connectivity index (χ0) is 12.2. The lowest BCUT2D eigenvalue weighted by molar-refractivity contribution is 0.398. The van der Waals surface area contributed by atoms with Crippen LogP contribution >= 0.6 is 0 Å². The highest BCUT2D eigenvalue weighted by atomic mass is 32.2. The average molecular weight is 245 g/mol. The van der Waals surface area contributed by atoms with E-state index in [4.69, 9.17) is 4.42 Å². The van der Waals surface area contributed by atoms with E-state index >= 15 is 0 Å². The Labute approximate surface area is 97.0 Å². The minimum Gasteiger partial charge on any atom is -0.465 e. The third-order valence-electron chi connectivity index (χ3n) is 2.33. The Morgan fingerprint density at radius 2 is 2.12 bits per heavy atom. The molecule has 0 aliphatic carbocycles. The Balaban J connectivity index is 2.68. The zero-order valence-corrected chi connectivity index (χ0v) is 10.8. The van der Waals surface area contributed by atoms with Crippen LogP contribution in [0.4, 0.5) is 0 Å². The van der Waals surface area contributed by atoms with Crippen molar-refractivity contribution in [1.29, 1.82) is 0 Å². The first-order valence-corrected chi connectivity index (χ1v) is 7.46. The summed E-state index contributed by atoms with van der Waals surface area (Å²) in [7, 11) is -2.92. The van der Waals surface area contributed by atoms with Gasteiger partial charge in [-0.05, 0) is 32.0 Å². The zero-order valence-electron chi connectivity index (χ0n) is 9.99. The fourth-order valence-corrected chi connectivity index (χ4v) is 2.23. The van der Waals surface area contributed by atoms with Crippen molar-refractivity contribution < 1.29 is 12.8 Å². The van der Waals surface area contributed by atoms with Gasteiger partial charge in [0.25, 0.3) is 0 Å². The van der Waals surface area contributed by atoms with E-state index in [0.29, 0.717) is 6.42 Å². The van der Waals surface area contributed by atoms with Crippen LogP contribution in [-0.2, 0) is 9.84 Å². The highest BCUT2D eigenvalue weighted by molar-refractivity contribution is 7.90. The molecule has 0 radical (unpaired) electrons. The fraction of sp³-hybridized carbons (Fsp3) is 0.636. The van der Waals surface area contributed by atoms with Crippen molar-refractivity contribution in [3.05, 3.63) is 23.7 Å². The van der Waals surface area contributed by atoms with E-state index in [1.54, 1.807) is 0 Å². The normalized spacial score (nSPS) is 13.9. The molecule has 0 aromatic carbocycles. The van der Waals surface area contributed by atoms with Gasteiger partial charge < -0.3 is 9.73 Å². The minimum absolute atomic E-state index is 0.0200. The monoisotopic (exact) mass is 245 g/mol. The second-order valence-electron chi connectivity index (χ2n) is 3.98. The second-order valence-corrected chi connectivity index (χ2v) is 6.24. The molecule has 0 amide bonds. The second kappa shape index (κ2) is 5.50. The molecule has 0 spiro atoms. The summed E-state index contributed by atoms with van der Waals surface area (Å²) in [4.78, 5) is 0. The lowest BCUT2D eigenvalue weighted by Gasteiger charge is -2.14. The number of hydrogen-bond acceptors (Lipinski definition) is 4. The first-order valence-electron chi connectivity index (χ1n) is 5.40. The summed E-state index contributed by atoms with van der Waals surface area (Å²) < 4.78 is 27.7. The van der Waals surface area contributed by atoms with E-state index in [9.17, 15) is 8.42 Å². The van der Waals surface area contributed by atoms with Crippen LogP contribution in [-0.4, -0.2) is 27.0 Å². The summed E-state index contributed by atoms with van der Waals surface area (Å²) in [5, 5.41) is 3.23. The molecular weight excluding hydrogens is 226 g/mol. The van der Waals surface area contributed by atoms with Crippen molar-refractivity contribution in [1.82, 2.24) is 5.32 Å². The summed E-state index contributed by atoms with van der Waals surface area (Å²) in [6.45, 7) is 4.65. The van der Waals surface area contributed by atoms with E-state index in [-0.39, 0.29) is 11.8 Å². The van der Waals surface area contributed by atoms with Crippen LogP contribution in [0.3, 0.4) is 0 Å². The summed E-state index contributed by atoms with van der Waals surface area (Å²) in [6.07, 6.45) is 1.79. The van der Waals surface area contributed by atoms with E-state index in [2.05, 4.69) is 5.32 Å². The van der Waals surface area contributed by atoms with E-state index in [0.717, 1.165) is 18.1 Å². The van der Waals surface area contributed by atoms with Crippen LogP contribution in [0.5, 0.6) is 0 Å². The predicted octanol–water partition coefficient (Wildman–Crippen LogP) is 1.67. The molecule has 1 atom stereocenters. The van der Waals surface area contributed by atoms with Gasteiger partial charge in [0.05, 0.1) is 11.8 Å². The third kappa shape index (κ3) is 4.37. The van der Waals surface area contributed by atoms with Crippen molar-refractivity contribution >= 4 is 9.84 Å². The molecule has 5 heteroatoms. The molecule has 0 aliphatic heterocycles. The minimum atomic E-state index is -2.92. The van der Waals surface area contributed by atoms with Gasteiger partial charge in [-0.3, -0.25) is 0 Å². The predicted molar refractivity (Wildman–Crippen MR) is 64.2 cm³/mol. The molecule has 0 aliphatic rings. The van der Waals surface area contributed by atoms with Crippen molar-refractivity contribution in [2.45, 2.75) is 26.3 Å². The van der Waals surface area contributed by atoms with E-state index in [1.165, 1.54) is 6.26 Å². The Bertz CT molecular complexity index is 422. The molecule has 1 aromatic heterocycles. The van der Waals surface area contributed by atoms with Gasteiger partial charge in [0.1, 0.15) is 21.4 Å². The van der Waals surface area contributed by atoms with Crippen LogP contribution in [0, 0.1) is 6.92 Å². The van der Waals surface area contributed by atoms with Crippen LogP contribution in [0.25, 0.3) is 0 Å². The highest BCUT2D eigenvalue weighted by Gasteiger charge is 2.16. The number of aryl methyl sites for hydroxylation is 1. The van der Waals surface area contributed by atoms with Crippen LogP contribution in [0.15, 0.2) is 16.5 Å². The molecule has 1 aromatic rings. The maximum atomic E-state index is 11.1. The van der Waals surface area contributed by atoms with Gasteiger partial charge in [-0.1, -0.05) is 6.92 Å². The fourth-order valence-electron chi connectivity index (χ4n) is 1.56.